The molecule has 0 aromatic carbocycles. The molecule has 3 N–H and O–H groups in total. The number of nitrogens with one attached hydrogen (secondary N) is 2. The van der Waals surface area contributed by atoms with Gasteiger partial charge in [-0.2, -0.15) is 0 Å². The van der Waals surface area contributed by atoms with E-state index in [9.17, 15) is 9.59 Å². The number of rotatable bonds is 5. The van der Waals surface area contributed by atoms with Crippen LogP contribution in [-0.2, 0) is 4.79 Å². The van der Waals surface area contributed by atoms with E-state index in [1.165, 1.54) is 0 Å². The molecule has 1 amide bonds. The van der Waals surface area contributed by atoms with Crippen LogP contribution < -0.4 is 5.32 Å². The smallest absolute Gasteiger partial charge is 0.326 e. The van der Waals surface area contributed by atoms with Crippen LogP contribution in [0.1, 0.15) is 30.8 Å². The molecule has 6 heteroatoms. The summed E-state index contributed by atoms with van der Waals surface area (Å²) in [5.74, 6) is -1.54. The lowest BCUT2D eigenvalue weighted by Crippen LogP contribution is -2.45. The third-order valence-electron chi connectivity index (χ3n) is 2.66. The fraction of sp³-hybridized carbons (Fsp3) is 0.455. The van der Waals surface area contributed by atoms with Crippen LogP contribution in [0.25, 0.3) is 0 Å². The first-order valence-electron chi connectivity index (χ1n) is 5.33. The molecule has 1 aromatic rings. The second-order valence-electron chi connectivity index (χ2n) is 3.91. The summed E-state index contributed by atoms with van der Waals surface area (Å²) >= 11 is 3.21. The minimum Gasteiger partial charge on any atom is -0.480 e. The molecule has 0 aliphatic carbocycles. The zero-order chi connectivity index (χ0) is 13.0. The largest absolute Gasteiger partial charge is 0.480 e. The second kappa shape index (κ2) is 5.86. The van der Waals surface area contributed by atoms with E-state index in [1.807, 2.05) is 6.92 Å². The Balaban J connectivity index is 2.74. The number of carbonyl (C=O) groups is 2. The van der Waals surface area contributed by atoms with E-state index in [2.05, 4.69) is 26.2 Å². The molecule has 0 saturated heterocycles. The predicted molar refractivity (Wildman–Crippen MR) is 66.8 cm³/mol. The zero-order valence-electron chi connectivity index (χ0n) is 9.66. The highest BCUT2D eigenvalue weighted by atomic mass is 79.9. The van der Waals surface area contributed by atoms with Crippen LogP contribution in [0.4, 0.5) is 0 Å². The number of hydrogen-bond acceptors (Lipinski definition) is 2. The molecule has 1 rings (SSSR count). The van der Waals surface area contributed by atoms with Gasteiger partial charge in [-0.15, -0.1) is 0 Å². The molecule has 0 saturated carbocycles. The van der Waals surface area contributed by atoms with Crippen LogP contribution in [0, 0.1) is 5.92 Å². The molecule has 0 radical (unpaired) electrons. The summed E-state index contributed by atoms with van der Waals surface area (Å²) in [6.45, 7) is 3.68. The Bertz CT molecular complexity index is 417. The van der Waals surface area contributed by atoms with Gasteiger partial charge in [0, 0.05) is 10.7 Å². The number of H-pyrrole nitrogens is 1. The van der Waals surface area contributed by atoms with Gasteiger partial charge in [-0.3, -0.25) is 4.79 Å². The number of carboxylic acid groups (broad SMARTS) is 1. The van der Waals surface area contributed by atoms with Crippen molar-refractivity contribution in [2.24, 2.45) is 5.92 Å². The number of hydrogen-bond donors (Lipinski definition) is 3. The van der Waals surface area contributed by atoms with E-state index >= 15 is 0 Å². The molecule has 17 heavy (non-hydrogen) atoms. The van der Waals surface area contributed by atoms with Crippen molar-refractivity contribution in [1.29, 1.82) is 0 Å². The van der Waals surface area contributed by atoms with E-state index in [1.54, 1.807) is 19.2 Å². The topological polar surface area (TPSA) is 82.2 Å². The molecular formula is C11H15BrN2O3. The highest BCUT2D eigenvalue weighted by molar-refractivity contribution is 9.10. The first-order chi connectivity index (χ1) is 7.95. The first kappa shape index (κ1) is 13.8. The fourth-order valence-electron chi connectivity index (χ4n) is 1.40. The molecule has 1 aromatic heterocycles. The van der Waals surface area contributed by atoms with Gasteiger partial charge < -0.3 is 15.4 Å². The summed E-state index contributed by atoms with van der Waals surface area (Å²) < 4.78 is 0.748. The van der Waals surface area contributed by atoms with E-state index in [0.29, 0.717) is 12.1 Å². The Morgan fingerprint density at radius 3 is 2.65 bits per heavy atom. The number of carboxylic acids is 1. The van der Waals surface area contributed by atoms with Crippen LogP contribution in [0.2, 0.25) is 0 Å². The SMILES string of the molecule is CC[C@H](C)[C@H](NC(=O)c1cc(Br)c[nH]1)C(=O)O. The van der Waals surface area contributed by atoms with Crippen molar-refractivity contribution in [1.82, 2.24) is 10.3 Å². The molecule has 2 atom stereocenters. The minimum absolute atomic E-state index is 0.116. The van der Waals surface area contributed by atoms with Crippen molar-refractivity contribution < 1.29 is 14.7 Å². The third-order valence-corrected chi connectivity index (χ3v) is 3.12. The van der Waals surface area contributed by atoms with Crippen LogP contribution in [0.3, 0.4) is 0 Å². The van der Waals surface area contributed by atoms with Gasteiger partial charge in [-0.05, 0) is 27.9 Å². The van der Waals surface area contributed by atoms with Crippen LogP contribution in [-0.4, -0.2) is 28.0 Å². The fourth-order valence-corrected chi connectivity index (χ4v) is 1.74. The summed E-state index contributed by atoms with van der Waals surface area (Å²) in [5.41, 5.74) is 0.339. The Morgan fingerprint density at radius 1 is 1.59 bits per heavy atom. The van der Waals surface area contributed by atoms with Crippen molar-refractivity contribution in [3.8, 4) is 0 Å². The van der Waals surface area contributed by atoms with Crippen molar-refractivity contribution in [3.05, 3.63) is 22.4 Å². The average Bonchev–Trinajstić information content (AvgIpc) is 2.71. The zero-order valence-corrected chi connectivity index (χ0v) is 11.2. The lowest BCUT2D eigenvalue weighted by atomic mass is 9.99. The van der Waals surface area contributed by atoms with Crippen LogP contribution >= 0.6 is 15.9 Å². The number of halogens is 1. The summed E-state index contributed by atoms with van der Waals surface area (Å²) in [7, 11) is 0. The third kappa shape index (κ3) is 3.59. The molecule has 0 fully saturated rings. The lowest BCUT2D eigenvalue weighted by molar-refractivity contribution is -0.140. The molecule has 0 aliphatic rings. The number of aliphatic carboxylic acids is 1. The minimum atomic E-state index is -1.02. The first-order valence-corrected chi connectivity index (χ1v) is 6.12. The number of aromatic amines is 1. The Morgan fingerprint density at radius 2 is 2.24 bits per heavy atom. The Hall–Kier alpha value is -1.30. The van der Waals surface area contributed by atoms with Gasteiger partial charge in [0.15, 0.2) is 0 Å². The average molecular weight is 303 g/mol. The predicted octanol–water partition coefficient (Wildman–Crippen LogP) is 2.01. The van der Waals surface area contributed by atoms with E-state index < -0.39 is 17.9 Å². The van der Waals surface area contributed by atoms with Gasteiger partial charge >= 0.3 is 5.97 Å². The maximum atomic E-state index is 11.8. The maximum absolute atomic E-state index is 11.8. The number of amides is 1. The summed E-state index contributed by atoms with van der Waals surface area (Å²) in [6.07, 6.45) is 2.31. The highest BCUT2D eigenvalue weighted by Gasteiger charge is 2.26. The summed E-state index contributed by atoms with van der Waals surface area (Å²) in [5, 5.41) is 11.5. The van der Waals surface area contributed by atoms with Gasteiger partial charge in [0.25, 0.3) is 5.91 Å². The van der Waals surface area contributed by atoms with Crippen LogP contribution in [0.15, 0.2) is 16.7 Å². The number of carbonyl (C=O) groups excluding carboxylic acids is 1. The quantitative estimate of drug-likeness (QED) is 0.778. The monoisotopic (exact) mass is 302 g/mol. The molecule has 5 nitrogen and oxygen atoms in total. The Kier molecular flexibility index (Phi) is 4.74. The van der Waals surface area contributed by atoms with Crippen molar-refractivity contribution in [2.75, 3.05) is 0 Å². The van der Waals surface area contributed by atoms with Gasteiger partial charge in [-0.25, -0.2) is 4.79 Å². The van der Waals surface area contributed by atoms with Gasteiger partial charge in [0.1, 0.15) is 11.7 Å². The molecule has 1 heterocycles. The van der Waals surface area contributed by atoms with E-state index in [4.69, 9.17) is 5.11 Å². The molecule has 0 bridgehead atoms. The molecule has 94 valence electrons. The highest BCUT2D eigenvalue weighted by Crippen LogP contribution is 2.12. The normalized spacial score (nSPS) is 14.1. The molecular weight excluding hydrogens is 288 g/mol. The lowest BCUT2D eigenvalue weighted by Gasteiger charge is -2.19. The maximum Gasteiger partial charge on any atom is 0.326 e. The van der Waals surface area contributed by atoms with Crippen molar-refractivity contribution in [3.63, 3.8) is 0 Å². The van der Waals surface area contributed by atoms with Crippen molar-refractivity contribution >= 4 is 27.8 Å². The molecule has 0 unspecified atom stereocenters. The summed E-state index contributed by atoms with van der Waals surface area (Å²) in [6, 6.07) is 0.736. The van der Waals surface area contributed by atoms with Crippen molar-refractivity contribution in [2.45, 2.75) is 26.3 Å². The van der Waals surface area contributed by atoms with Gasteiger partial charge in [0.2, 0.25) is 0 Å². The molecule has 0 aliphatic heterocycles. The Labute approximate surface area is 108 Å². The van der Waals surface area contributed by atoms with Gasteiger partial charge in [-0.1, -0.05) is 20.3 Å². The second-order valence-corrected chi connectivity index (χ2v) is 4.82. The van der Waals surface area contributed by atoms with Gasteiger partial charge in [0.05, 0.1) is 0 Å². The van der Waals surface area contributed by atoms with E-state index in [-0.39, 0.29) is 5.92 Å². The number of aromatic nitrogens is 1. The standard InChI is InChI=1S/C11H15BrN2O3/c1-3-6(2)9(11(16)17)14-10(15)8-4-7(12)5-13-8/h4-6,9,13H,3H2,1-2H3,(H,14,15)(H,16,17)/t6-,9-/m0/s1. The summed E-state index contributed by atoms with van der Waals surface area (Å²) in [4.78, 5) is 25.6. The van der Waals surface area contributed by atoms with Crippen LogP contribution in [0.5, 0.6) is 0 Å². The molecule has 0 spiro atoms. The van der Waals surface area contributed by atoms with E-state index in [0.717, 1.165) is 4.47 Å².